The van der Waals surface area contributed by atoms with Crippen molar-refractivity contribution in [2.75, 3.05) is 7.05 Å². The number of fused-ring (bicyclic) bond motifs is 2. The Kier molecular flexibility index (Phi) is 6.77. The Labute approximate surface area is 229 Å². The Morgan fingerprint density at radius 1 is 0.683 bits per heavy atom. The average molecular weight is 566 g/mol. The molecule has 0 radical (unpaired) electrons. The first kappa shape index (κ1) is 27.4. The molecule has 2 aromatic rings. The molecule has 210 valence electrons. The summed E-state index contributed by atoms with van der Waals surface area (Å²) in [6.07, 6.45) is 0.210. The van der Waals surface area contributed by atoms with E-state index in [0.717, 1.165) is 26.8 Å². The van der Waals surface area contributed by atoms with Crippen molar-refractivity contribution in [3.05, 3.63) is 70.3 Å². The van der Waals surface area contributed by atoms with Gasteiger partial charge in [0.2, 0.25) is 17.7 Å². The number of hydrogen-bond donors (Lipinski definition) is 1. The molecule has 2 atom stereocenters. The molecule has 2 saturated heterocycles. The Bertz CT molecular complexity index is 1610. The molecule has 4 aliphatic heterocycles. The molecule has 2 fully saturated rings. The predicted molar refractivity (Wildman–Crippen MR) is 131 cm³/mol. The van der Waals surface area contributed by atoms with Crippen LogP contribution in [0.25, 0.3) is 0 Å². The molecule has 1 N–H and O–H groups in total. The van der Waals surface area contributed by atoms with Crippen molar-refractivity contribution < 1.29 is 47.1 Å². The van der Waals surface area contributed by atoms with Crippen molar-refractivity contribution in [1.82, 2.24) is 20.0 Å². The fraction of sp³-hybridized carbons (Fsp3) is 0.259. The van der Waals surface area contributed by atoms with Crippen LogP contribution in [0.3, 0.4) is 0 Å². The summed E-state index contributed by atoms with van der Waals surface area (Å²) in [6.45, 7) is 0. The van der Waals surface area contributed by atoms with Crippen LogP contribution >= 0.6 is 0 Å². The number of likely N-dealkylation sites (tertiary alicyclic amines) is 1. The summed E-state index contributed by atoms with van der Waals surface area (Å²) in [5, 5.41) is 2.07. The standard InChI is InChI=1S/C14H11FN2O4.C13H9FN2O4/c1-16-10(18)6-5-9(13(16)20)17-12(19)7-3-2-4-8(15)11(7)14(17)21;14-7-3-1-2-6-10(7)13(20)16(12(6)19)8-4-5-9(17)15-11(8)18/h2-4,9H,5-6H2,1H3;1-3,8H,4-5H2,(H,15,17,18). The molecule has 0 aliphatic carbocycles. The zero-order valence-electron chi connectivity index (χ0n) is 21.3. The fourth-order valence-electron chi connectivity index (χ4n) is 5.16. The molecule has 14 heteroatoms. The van der Waals surface area contributed by atoms with E-state index < -0.39 is 65.1 Å². The lowest BCUT2D eigenvalue weighted by molar-refractivity contribution is -0.149. The highest BCUT2D eigenvalue weighted by Gasteiger charge is 2.48. The molecule has 0 aromatic heterocycles. The Balaban J connectivity index is 0.000000165. The number of likely N-dealkylation sites (N-methyl/N-ethyl adjacent to an activating group) is 1. The minimum absolute atomic E-state index is 0.0340. The number of hydrogen-bond acceptors (Lipinski definition) is 8. The average Bonchev–Trinajstić information content (AvgIpc) is 3.34. The van der Waals surface area contributed by atoms with E-state index in [0.29, 0.717) is 0 Å². The second-order valence-electron chi connectivity index (χ2n) is 9.60. The van der Waals surface area contributed by atoms with E-state index in [1.165, 1.54) is 31.3 Å². The molecule has 4 aliphatic rings. The van der Waals surface area contributed by atoms with Gasteiger partial charge in [-0.1, -0.05) is 12.1 Å². The van der Waals surface area contributed by atoms with Gasteiger partial charge in [-0.25, -0.2) is 8.78 Å². The monoisotopic (exact) mass is 566 g/mol. The third-order valence-electron chi connectivity index (χ3n) is 7.25. The van der Waals surface area contributed by atoms with Crippen LogP contribution < -0.4 is 5.32 Å². The zero-order chi connectivity index (χ0) is 29.7. The molecule has 4 heterocycles. The summed E-state index contributed by atoms with van der Waals surface area (Å²) >= 11 is 0. The molecule has 2 aromatic carbocycles. The van der Waals surface area contributed by atoms with Gasteiger partial charge in [0.15, 0.2) is 0 Å². The lowest BCUT2D eigenvalue weighted by Gasteiger charge is -2.32. The van der Waals surface area contributed by atoms with Crippen LogP contribution in [-0.4, -0.2) is 81.1 Å². The van der Waals surface area contributed by atoms with Crippen molar-refractivity contribution in [2.24, 2.45) is 0 Å². The fourth-order valence-corrected chi connectivity index (χ4v) is 5.16. The van der Waals surface area contributed by atoms with Crippen molar-refractivity contribution in [3.8, 4) is 0 Å². The van der Waals surface area contributed by atoms with Gasteiger partial charge in [-0.3, -0.25) is 58.4 Å². The van der Waals surface area contributed by atoms with Gasteiger partial charge in [0, 0.05) is 19.9 Å². The Hall–Kier alpha value is -5.14. The SMILES string of the molecule is CN1C(=O)CCC(N2C(=O)c3cccc(F)c3C2=O)C1=O.O=C1CCC(N2C(=O)c3cccc(F)c3C2=O)C(=O)N1. The lowest BCUT2D eigenvalue weighted by Crippen LogP contribution is -2.54. The van der Waals surface area contributed by atoms with Crippen LogP contribution in [0.5, 0.6) is 0 Å². The normalized spacial score (nSPS) is 22.1. The number of carbonyl (C=O) groups excluding carboxylic acids is 8. The minimum Gasteiger partial charge on any atom is -0.295 e. The van der Waals surface area contributed by atoms with Gasteiger partial charge in [-0.15, -0.1) is 0 Å². The second-order valence-corrected chi connectivity index (χ2v) is 9.60. The molecule has 41 heavy (non-hydrogen) atoms. The minimum atomic E-state index is -1.07. The van der Waals surface area contributed by atoms with Crippen molar-refractivity contribution >= 4 is 47.3 Å². The molecule has 6 rings (SSSR count). The van der Waals surface area contributed by atoms with Crippen molar-refractivity contribution in [2.45, 2.75) is 37.8 Å². The number of nitrogens with one attached hydrogen (secondary N) is 1. The molecule has 8 amide bonds. The maximum absolute atomic E-state index is 13.7. The van der Waals surface area contributed by atoms with Gasteiger partial charge in [-0.2, -0.15) is 0 Å². The van der Waals surface area contributed by atoms with Crippen LogP contribution in [0, 0.1) is 11.6 Å². The largest absolute Gasteiger partial charge is 0.295 e. The first-order valence-corrected chi connectivity index (χ1v) is 12.4. The summed E-state index contributed by atoms with van der Waals surface area (Å²) in [4.78, 5) is 97.7. The third-order valence-corrected chi connectivity index (χ3v) is 7.25. The van der Waals surface area contributed by atoms with E-state index in [2.05, 4.69) is 5.32 Å². The zero-order valence-corrected chi connectivity index (χ0v) is 21.3. The number of piperidine rings is 2. The first-order chi connectivity index (χ1) is 19.4. The molecule has 12 nitrogen and oxygen atoms in total. The summed E-state index contributed by atoms with van der Waals surface area (Å²) in [5.74, 6) is -6.80. The summed E-state index contributed by atoms with van der Waals surface area (Å²) < 4.78 is 27.4. The highest BCUT2D eigenvalue weighted by molar-refractivity contribution is 6.24. The maximum atomic E-state index is 13.7. The summed E-state index contributed by atoms with van der Waals surface area (Å²) in [7, 11) is 1.30. The van der Waals surface area contributed by atoms with Crippen LogP contribution in [0.15, 0.2) is 36.4 Å². The molecule has 0 bridgehead atoms. The molecule has 0 saturated carbocycles. The van der Waals surface area contributed by atoms with Gasteiger partial charge in [0.1, 0.15) is 23.7 Å². The number of halogens is 2. The quantitative estimate of drug-likeness (QED) is 0.523. The first-order valence-electron chi connectivity index (χ1n) is 12.4. The van der Waals surface area contributed by atoms with Gasteiger partial charge in [0.05, 0.1) is 22.3 Å². The van der Waals surface area contributed by atoms with Crippen LogP contribution in [0.2, 0.25) is 0 Å². The van der Waals surface area contributed by atoms with E-state index >= 15 is 0 Å². The second kappa shape index (κ2) is 10.1. The molecule has 2 unspecified atom stereocenters. The number of nitrogens with zero attached hydrogens (tertiary/aromatic N) is 3. The number of benzene rings is 2. The summed E-state index contributed by atoms with van der Waals surface area (Å²) in [6, 6.07) is 5.39. The topological polar surface area (TPSA) is 158 Å². The lowest BCUT2D eigenvalue weighted by atomic mass is 10.0. The number of imide groups is 4. The smallest absolute Gasteiger partial charge is 0.265 e. The third kappa shape index (κ3) is 4.37. The van der Waals surface area contributed by atoms with E-state index in [1.54, 1.807) is 0 Å². The number of amides is 8. The Morgan fingerprint density at radius 2 is 1.17 bits per heavy atom. The summed E-state index contributed by atoms with van der Waals surface area (Å²) in [5.41, 5.74) is -0.732. The van der Waals surface area contributed by atoms with Crippen LogP contribution in [0.4, 0.5) is 8.78 Å². The molecular formula is C27H20F2N4O8. The molecular weight excluding hydrogens is 546 g/mol. The molecule has 0 spiro atoms. The van der Waals surface area contributed by atoms with E-state index in [4.69, 9.17) is 0 Å². The van der Waals surface area contributed by atoms with Gasteiger partial charge < -0.3 is 0 Å². The van der Waals surface area contributed by atoms with Gasteiger partial charge in [0.25, 0.3) is 29.5 Å². The van der Waals surface area contributed by atoms with Crippen molar-refractivity contribution in [1.29, 1.82) is 0 Å². The highest BCUT2D eigenvalue weighted by atomic mass is 19.1. The van der Waals surface area contributed by atoms with Gasteiger partial charge >= 0.3 is 0 Å². The van der Waals surface area contributed by atoms with Crippen LogP contribution in [0.1, 0.15) is 67.1 Å². The van der Waals surface area contributed by atoms with E-state index in [-0.39, 0.29) is 53.8 Å². The predicted octanol–water partition coefficient (Wildman–Crippen LogP) is 0.796. The van der Waals surface area contributed by atoms with Gasteiger partial charge in [-0.05, 0) is 37.1 Å². The van der Waals surface area contributed by atoms with E-state index in [9.17, 15) is 47.1 Å². The Morgan fingerprint density at radius 3 is 1.66 bits per heavy atom. The number of carbonyl (C=O) groups is 8. The van der Waals surface area contributed by atoms with Crippen molar-refractivity contribution in [3.63, 3.8) is 0 Å². The number of rotatable bonds is 2. The van der Waals surface area contributed by atoms with E-state index in [1.807, 2.05) is 0 Å². The van der Waals surface area contributed by atoms with Crippen LogP contribution in [-0.2, 0) is 19.2 Å². The maximum Gasteiger partial charge on any atom is 0.265 e. The highest BCUT2D eigenvalue weighted by Crippen LogP contribution is 2.31.